The van der Waals surface area contributed by atoms with Crippen molar-refractivity contribution >= 4 is 23.8 Å². The van der Waals surface area contributed by atoms with Crippen LogP contribution >= 0.6 is 0 Å². The number of benzene rings is 1. The molecule has 5 amide bonds. The Bertz CT molecular complexity index is 989. The van der Waals surface area contributed by atoms with Gasteiger partial charge in [0.15, 0.2) is 0 Å². The Labute approximate surface area is 185 Å². The first kappa shape index (κ1) is 23.0. The van der Waals surface area contributed by atoms with Gasteiger partial charge >= 0.3 is 6.03 Å². The highest BCUT2D eigenvalue weighted by Gasteiger charge is 2.47. The van der Waals surface area contributed by atoms with Gasteiger partial charge < -0.3 is 15.1 Å². The lowest BCUT2D eigenvalue weighted by Crippen LogP contribution is -2.51. The summed E-state index contributed by atoms with van der Waals surface area (Å²) >= 11 is 0. The van der Waals surface area contributed by atoms with Gasteiger partial charge in [-0.05, 0) is 43.2 Å². The summed E-state index contributed by atoms with van der Waals surface area (Å²) in [6.45, 7) is 4.03. The van der Waals surface area contributed by atoms with Gasteiger partial charge in [0, 0.05) is 19.2 Å². The van der Waals surface area contributed by atoms with Crippen molar-refractivity contribution in [2.24, 2.45) is 0 Å². The molecule has 1 aromatic heterocycles. The molecule has 0 spiro atoms. The number of nitrogens with zero attached hydrogens (tertiary/aromatic N) is 2. The van der Waals surface area contributed by atoms with Crippen LogP contribution in [0.3, 0.4) is 0 Å². The molecule has 1 saturated heterocycles. The van der Waals surface area contributed by atoms with Gasteiger partial charge in [-0.3, -0.25) is 24.7 Å². The molecule has 2 aromatic rings. The van der Waals surface area contributed by atoms with E-state index in [2.05, 4.69) is 16.1 Å². The van der Waals surface area contributed by atoms with E-state index >= 15 is 0 Å². The van der Waals surface area contributed by atoms with Gasteiger partial charge in [0.1, 0.15) is 11.3 Å². The van der Waals surface area contributed by atoms with E-state index in [9.17, 15) is 19.2 Å². The van der Waals surface area contributed by atoms with Crippen LogP contribution in [0.4, 0.5) is 4.79 Å². The highest BCUT2D eigenvalue weighted by molar-refractivity contribution is 6.07. The largest absolute Gasteiger partial charge is 0.468 e. The standard InChI is InChI=1S/C22H27N5O5/c1-4-22(2)20(30)27(21(31)24-22)25-18(28)14-26(13-17-6-5-11-32-17)12-15-7-9-16(10-8-15)19(29)23-3/h5-11H,4,12-14H2,1-3H3,(H,23,29)(H,24,31)(H,25,28). The monoisotopic (exact) mass is 441 g/mol. The van der Waals surface area contributed by atoms with Crippen LogP contribution in [0.5, 0.6) is 0 Å². The average molecular weight is 441 g/mol. The van der Waals surface area contributed by atoms with Crippen molar-refractivity contribution in [3.05, 3.63) is 59.5 Å². The Kier molecular flexibility index (Phi) is 6.94. The van der Waals surface area contributed by atoms with Crippen molar-refractivity contribution in [1.29, 1.82) is 0 Å². The first-order valence-corrected chi connectivity index (χ1v) is 10.3. The third kappa shape index (κ3) is 5.14. The van der Waals surface area contributed by atoms with Crippen molar-refractivity contribution in [3.63, 3.8) is 0 Å². The first-order valence-electron chi connectivity index (χ1n) is 10.3. The number of hydrogen-bond donors (Lipinski definition) is 3. The molecular weight excluding hydrogens is 414 g/mol. The second kappa shape index (κ2) is 9.65. The molecule has 1 atom stereocenters. The minimum absolute atomic E-state index is 0.0855. The van der Waals surface area contributed by atoms with Gasteiger partial charge in [0.25, 0.3) is 17.7 Å². The van der Waals surface area contributed by atoms with E-state index in [1.54, 1.807) is 56.3 Å². The van der Waals surface area contributed by atoms with Gasteiger partial charge in [0.05, 0.1) is 19.4 Å². The molecule has 1 aliphatic rings. The fraction of sp³-hybridized carbons (Fsp3) is 0.364. The van der Waals surface area contributed by atoms with Gasteiger partial charge in [-0.1, -0.05) is 19.1 Å². The van der Waals surface area contributed by atoms with Crippen LogP contribution in [0, 0.1) is 0 Å². The van der Waals surface area contributed by atoms with Gasteiger partial charge in [-0.25, -0.2) is 4.79 Å². The minimum atomic E-state index is -1.04. The number of hydrogen-bond acceptors (Lipinski definition) is 6. The van der Waals surface area contributed by atoms with Crippen molar-refractivity contribution in [2.45, 2.75) is 38.9 Å². The molecule has 32 heavy (non-hydrogen) atoms. The summed E-state index contributed by atoms with van der Waals surface area (Å²) in [6, 6.07) is 9.92. The number of imide groups is 1. The molecule has 0 radical (unpaired) electrons. The Morgan fingerprint density at radius 1 is 1.16 bits per heavy atom. The maximum Gasteiger partial charge on any atom is 0.344 e. The molecule has 10 heteroatoms. The molecule has 10 nitrogen and oxygen atoms in total. The summed E-state index contributed by atoms with van der Waals surface area (Å²) < 4.78 is 5.40. The maximum absolute atomic E-state index is 12.7. The number of amides is 5. The zero-order valence-electron chi connectivity index (χ0n) is 18.3. The summed E-state index contributed by atoms with van der Waals surface area (Å²) in [7, 11) is 1.56. The Morgan fingerprint density at radius 3 is 2.44 bits per heavy atom. The molecule has 0 bridgehead atoms. The lowest BCUT2D eigenvalue weighted by Gasteiger charge is -2.23. The zero-order chi connectivity index (χ0) is 23.3. The van der Waals surface area contributed by atoms with E-state index in [0.29, 0.717) is 30.8 Å². The van der Waals surface area contributed by atoms with Crippen LogP contribution in [-0.4, -0.2) is 52.8 Å². The van der Waals surface area contributed by atoms with Crippen LogP contribution in [-0.2, 0) is 22.7 Å². The minimum Gasteiger partial charge on any atom is -0.468 e. The molecule has 1 fully saturated rings. The van der Waals surface area contributed by atoms with Gasteiger partial charge in [-0.2, -0.15) is 5.01 Å². The predicted molar refractivity (Wildman–Crippen MR) is 115 cm³/mol. The molecular formula is C22H27N5O5. The Balaban J connectivity index is 1.69. The van der Waals surface area contributed by atoms with E-state index < -0.39 is 23.4 Å². The molecule has 1 unspecified atom stereocenters. The maximum atomic E-state index is 12.7. The van der Waals surface area contributed by atoms with E-state index in [-0.39, 0.29) is 12.5 Å². The lowest BCUT2D eigenvalue weighted by atomic mass is 10.00. The van der Waals surface area contributed by atoms with Crippen LogP contribution in [0.1, 0.15) is 41.9 Å². The quantitative estimate of drug-likeness (QED) is 0.505. The van der Waals surface area contributed by atoms with Crippen molar-refractivity contribution in [1.82, 2.24) is 26.0 Å². The van der Waals surface area contributed by atoms with E-state index in [4.69, 9.17) is 4.42 Å². The SMILES string of the molecule is CCC1(C)NC(=O)N(NC(=O)CN(Cc2ccc(C(=O)NC)cc2)Cc2ccco2)C1=O. The van der Waals surface area contributed by atoms with E-state index in [0.717, 1.165) is 10.6 Å². The fourth-order valence-electron chi connectivity index (χ4n) is 3.34. The number of hydrazine groups is 1. The van der Waals surface area contributed by atoms with Crippen LogP contribution in [0.15, 0.2) is 47.1 Å². The second-order valence-electron chi connectivity index (χ2n) is 7.79. The molecule has 1 aliphatic heterocycles. The topological polar surface area (TPSA) is 124 Å². The van der Waals surface area contributed by atoms with Crippen molar-refractivity contribution in [3.8, 4) is 0 Å². The fourth-order valence-corrected chi connectivity index (χ4v) is 3.34. The summed E-state index contributed by atoms with van der Waals surface area (Å²) in [4.78, 5) is 50.9. The highest BCUT2D eigenvalue weighted by Crippen LogP contribution is 2.19. The van der Waals surface area contributed by atoms with Crippen molar-refractivity contribution < 1.29 is 23.6 Å². The van der Waals surface area contributed by atoms with E-state index in [1.165, 1.54) is 0 Å². The Morgan fingerprint density at radius 2 is 1.88 bits per heavy atom. The summed E-state index contributed by atoms with van der Waals surface area (Å²) in [5.41, 5.74) is 2.78. The predicted octanol–water partition coefficient (Wildman–Crippen LogP) is 1.39. The van der Waals surface area contributed by atoms with Gasteiger partial charge in [0.2, 0.25) is 0 Å². The van der Waals surface area contributed by atoms with Crippen molar-refractivity contribution in [2.75, 3.05) is 13.6 Å². The molecule has 170 valence electrons. The second-order valence-corrected chi connectivity index (χ2v) is 7.79. The molecule has 0 aliphatic carbocycles. The summed E-state index contributed by atoms with van der Waals surface area (Å²) in [5.74, 6) is -0.535. The van der Waals surface area contributed by atoms with Crippen LogP contribution in [0.25, 0.3) is 0 Å². The lowest BCUT2D eigenvalue weighted by molar-refractivity contribution is -0.139. The number of furan rings is 1. The third-order valence-electron chi connectivity index (χ3n) is 5.38. The summed E-state index contributed by atoms with van der Waals surface area (Å²) in [6.07, 6.45) is 1.95. The number of carbonyl (C=O) groups excluding carboxylic acids is 4. The molecule has 0 saturated carbocycles. The number of urea groups is 1. The van der Waals surface area contributed by atoms with Gasteiger partial charge in [-0.15, -0.1) is 0 Å². The molecule has 2 heterocycles. The normalized spacial score (nSPS) is 18.1. The number of carbonyl (C=O) groups is 4. The first-order chi connectivity index (χ1) is 15.3. The number of rotatable bonds is 9. The Hall–Kier alpha value is -3.66. The average Bonchev–Trinajstić information content (AvgIpc) is 3.36. The smallest absolute Gasteiger partial charge is 0.344 e. The molecule has 3 N–H and O–H groups in total. The summed E-state index contributed by atoms with van der Waals surface area (Å²) in [5, 5.41) is 5.90. The van der Waals surface area contributed by atoms with E-state index in [1.807, 2.05) is 12.1 Å². The zero-order valence-corrected chi connectivity index (χ0v) is 18.3. The molecule has 3 rings (SSSR count). The van der Waals surface area contributed by atoms with Crippen LogP contribution in [0.2, 0.25) is 0 Å². The number of nitrogens with one attached hydrogen (secondary N) is 3. The molecule has 1 aromatic carbocycles. The third-order valence-corrected chi connectivity index (χ3v) is 5.38. The van der Waals surface area contributed by atoms with Crippen LogP contribution < -0.4 is 16.1 Å². The highest BCUT2D eigenvalue weighted by atomic mass is 16.3.